The molecular formula is C12H14N2O3. The van der Waals surface area contributed by atoms with Crippen molar-refractivity contribution in [1.82, 2.24) is 5.32 Å². The van der Waals surface area contributed by atoms with Gasteiger partial charge in [0.25, 0.3) is 0 Å². The second kappa shape index (κ2) is 4.45. The quantitative estimate of drug-likeness (QED) is 0.836. The minimum absolute atomic E-state index is 0.126. The zero-order chi connectivity index (χ0) is 12.4. The average Bonchev–Trinajstić information content (AvgIpc) is 3.11. The van der Waals surface area contributed by atoms with Crippen LogP contribution in [0.2, 0.25) is 0 Å². The molecule has 17 heavy (non-hydrogen) atoms. The molecule has 0 bridgehead atoms. The van der Waals surface area contributed by atoms with Gasteiger partial charge in [0.2, 0.25) is 0 Å². The van der Waals surface area contributed by atoms with E-state index in [1.807, 2.05) is 0 Å². The highest BCUT2D eigenvalue weighted by Crippen LogP contribution is 2.22. The standard InChI is InChI=1S/C12H14N2O3/c1-14(12(17)13-8-6-7-8)10-5-3-2-4-9(10)11(15)16/h2-5,8H,6-7H2,1H3,(H,13,17)(H,15,16). The van der Waals surface area contributed by atoms with E-state index < -0.39 is 5.97 Å². The molecule has 90 valence electrons. The Kier molecular flexibility index (Phi) is 2.99. The highest BCUT2D eigenvalue weighted by Gasteiger charge is 2.26. The second-order valence-corrected chi connectivity index (χ2v) is 4.11. The highest BCUT2D eigenvalue weighted by molar-refractivity contribution is 6.01. The molecule has 1 aromatic carbocycles. The molecule has 1 fully saturated rings. The molecule has 5 heteroatoms. The van der Waals surface area contributed by atoms with E-state index in [9.17, 15) is 9.59 Å². The summed E-state index contributed by atoms with van der Waals surface area (Å²) in [7, 11) is 1.57. The third-order valence-corrected chi connectivity index (χ3v) is 2.71. The first-order chi connectivity index (χ1) is 8.09. The summed E-state index contributed by atoms with van der Waals surface area (Å²) >= 11 is 0. The molecule has 0 radical (unpaired) electrons. The summed E-state index contributed by atoms with van der Waals surface area (Å²) in [4.78, 5) is 24.2. The minimum Gasteiger partial charge on any atom is -0.478 e. The molecule has 1 aliphatic rings. The first kappa shape index (κ1) is 11.4. The van der Waals surface area contributed by atoms with Crippen molar-refractivity contribution in [3.05, 3.63) is 29.8 Å². The Morgan fingerprint density at radius 1 is 1.35 bits per heavy atom. The number of para-hydroxylation sites is 1. The van der Waals surface area contributed by atoms with E-state index in [1.165, 1.54) is 11.0 Å². The zero-order valence-corrected chi connectivity index (χ0v) is 9.51. The van der Waals surface area contributed by atoms with E-state index in [4.69, 9.17) is 5.11 Å². The number of aromatic carboxylic acids is 1. The predicted molar refractivity (Wildman–Crippen MR) is 63.4 cm³/mol. The molecule has 1 aromatic rings. The molecule has 0 saturated heterocycles. The summed E-state index contributed by atoms with van der Waals surface area (Å²) in [5.41, 5.74) is 0.527. The molecule has 1 aliphatic carbocycles. The molecule has 2 rings (SSSR count). The van der Waals surface area contributed by atoms with Crippen LogP contribution in [-0.4, -0.2) is 30.2 Å². The summed E-state index contributed by atoms with van der Waals surface area (Å²) in [6.07, 6.45) is 2.00. The van der Waals surface area contributed by atoms with Gasteiger partial charge >= 0.3 is 12.0 Å². The van der Waals surface area contributed by atoms with E-state index in [0.29, 0.717) is 5.69 Å². The Balaban J connectivity index is 2.19. The summed E-state index contributed by atoms with van der Waals surface area (Å²) in [6.45, 7) is 0. The van der Waals surface area contributed by atoms with Crippen LogP contribution in [0.1, 0.15) is 23.2 Å². The van der Waals surface area contributed by atoms with Gasteiger partial charge in [-0.1, -0.05) is 12.1 Å². The number of benzene rings is 1. The highest BCUT2D eigenvalue weighted by atomic mass is 16.4. The lowest BCUT2D eigenvalue weighted by atomic mass is 10.1. The van der Waals surface area contributed by atoms with Crippen LogP contribution in [0.4, 0.5) is 10.5 Å². The van der Waals surface area contributed by atoms with E-state index in [-0.39, 0.29) is 17.6 Å². The third-order valence-electron chi connectivity index (χ3n) is 2.71. The number of carboxylic acid groups (broad SMARTS) is 1. The first-order valence-electron chi connectivity index (χ1n) is 5.46. The lowest BCUT2D eigenvalue weighted by Gasteiger charge is -2.19. The first-order valence-corrected chi connectivity index (χ1v) is 5.46. The van der Waals surface area contributed by atoms with Gasteiger partial charge in [0.05, 0.1) is 11.3 Å². The second-order valence-electron chi connectivity index (χ2n) is 4.11. The number of nitrogens with one attached hydrogen (secondary N) is 1. The van der Waals surface area contributed by atoms with Crippen LogP contribution in [0.3, 0.4) is 0 Å². The third kappa shape index (κ3) is 2.55. The molecule has 0 aliphatic heterocycles. The zero-order valence-electron chi connectivity index (χ0n) is 9.51. The monoisotopic (exact) mass is 234 g/mol. The number of nitrogens with zero attached hydrogens (tertiary/aromatic N) is 1. The van der Waals surface area contributed by atoms with E-state index in [2.05, 4.69) is 5.32 Å². The Labute approximate surface area is 99.0 Å². The number of urea groups is 1. The number of carboxylic acids is 1. The number of carbonyl (C=O) groups is 2. The number of rotatable bonds is 3. The van der Waals surface area contributed by atoms with E-state index in [0.717, 1.165) is 12.8 Å². The maximum atomic E-state index is 11.8. The van der Waals surface area contributed by atoms with Gasteiger partial charge in [-0.3, -0.25) is 4.90 Å². The SMILES string of the molecule is CN(C(=O)NC1CC1)c1ccccc1C(=O)O. The van der Waals surface area contributed by atoms with Crippen LogP contribution in [0.15, 0.2) is 24.3 Å². The molecule has 5 nitrogen and oxygen atoms in total. The Morgan fingerprint density at radius 2 is 2.00 bits per heavy atom. The van der Waals surface area contributed by atoms with E-state index >= 15 is 0 Å². The fourth-order valence-corrected chi connectivity index (χ4v) is 1.56. The van der Waals surface area contributed by atoms with Gasteiger partial charge in [0, 0.05) is 13.1 Å². The topological polar surface area (TPSA) is 69.6 Å². The maximum absolute atomic E-state index is 11.8. The van der Waals surface area contributed by atoms with Crippen LogP contribution in [0, 0.1) is 0 Å². The molecule has 1 saturated carbocycles. The lowest BCUT2D eigenvalue weighted by molar-refractivity contribution is 0.0697. The summed E-state index contributed by atoms with van der Waals surface area (Å²) in [6, 6.07) is 6.44. The summed E-state index contributed by atoms with van der Waals surface area (Å²) in [5, 5.41) is 11.8. The number of hydrogen-bond donors (Lipinski definition) is 2. The van der Waals surface area contributed by atoms with Crippen molar-refractivity contribution in [1.29, 1.82) is 0 Å². The molecule has 2 amide bonds. The van der Waals surface area contributed by atoms with Crippen molar-refractivity contribution in [2.75, 3.05) is 11.9 Å². The van der Waals surface area contributed by atoms with Crippen LogP contribution >= 0.6 is 0 Å². The summed E-state index contributed by atoms with van der Waals surface area (Å²) < 4.78 is 0. The van der Waals surface area contributed by atoms with Crippen molar-refractivity contribution in [3.8, 4) is 0 Å². The van der Waals surface area contributed by atoms with Gasteiger partial charge in [-0.25, -0.2) is 9.59 Å². The average molecular weight is 234 g/mol. The molecule has 0 aromatic heterocycles. The number of amides is 2. The van der Waals surface area contributed by atoms with Crippen molar-refractivity contribution < 1.29 is 14.7 Å². The molecule has 0 atom stereocenters. The van der Waals surface area contributed by atoms with E-state index in [1.54, 1.807) is 25.2 Å². The summed E-state index contributed by atoms with van der Waals surface area (Å²) in [5.74, 6) is -1.04. The van der Waals surface area contributed by atoms with Crippen LogP contribution in [-0.2, 0) is 0 Å². The number of hydrogen-bond acceptors (Lipinski definition) is 2. The predicted octanol–water partition coefficient (Wildman–Crippen LogP) is 1.69. The number of anilines is 1. The van der Waals surface area contributed by atoms with Crippen LogP contribution in [0.25, 0.3) is 0 Å². The van der Waals surface area contributed by atoms with Crippen molar-refractivity contribution in [2.24, 2.45) is 0 Å². The van der Waals surface area contributed by atoms with Gasteiger partial charge in [0.15, 0.2) is 0 Å². The van der Waals surface area contributed by atoms with Gasteiger partial charge in [-0.15, -0.1) is 0 Å². The molecular weight excluding hydrogens is 220 g/mol. The minimum atomic E-state index is -1.04. The van der Waals surface area contributed by atoms with Crippen molar-refractivity contribution >= 4 is 17.7 Å². The fraction of sp³-hybridized carbons (Fsp3) is 0.333. The number of carbonyl (C=O) groups excluding carboxylic acids is 1. The smallest absolute Gasteiger partial charge is 0.337 e. The molecule has 0 unspecified atom stereocenters. The Bertz CT molecular complexity index is 455. The molecule has 0 spiro atoms. The van der Waals surface area contributed by atoms with Gasteiger partial charge in [0.1, 0.15) is 0 Å². The Morgan fingerprint density at radius 3 is 2.59 bits per heavy atom. The lowest BCUT2D eigenvalue weighted by Crippen LogP contribution is -2.39. The molecule has 2 N–H and O–H groups in total. The maximum Gasteiger partial charge on any atom is 0.337 e. The Hall–Kier alpha value is -2.04. The van der Waals surface area contributed by atoms with Gasteiger partial charge < -0.3 is 10.4 Å². The van der Waals surface area contributed by atoms with Crippen LogP contribution < -0.4 is 10.2 Å². The van der Waals surface area contributed by atoms with Crippen molar-refractivity contribution in [3.63, 3.8) is 0 Å². The van der Waals surface area contributed by atoms with Crippen LogP contribution in [0.5, 0.6) is 0 Å². The van der Waals surface area contributed by atoms with Gasteiger partial charge in [-0.2, -0.15) is 0 Å². The fourth-order valence-electron chi connectivity index (χ4n) is 1.56. The largest absolute Gasteiger partial charge is 0.478 e. The van der Waals surface area contributed by atoms with Crippen molar-refractivity contribution in [2.45, 2.75) is 18.9 Å². The normalized spacial score (nSPS) is 14.2. The molecule has 0 heterocycles. The van der Waals surface area contributed by atoms with Gasteiger partial charge in [-0.05, 0) is 25.0 Å².